The third-order valence-corrected chi connectivity index (χ3v) is 4.22. The van der Waals surface area contributed by atoms with Gasteiger partial charge in [-0.25, -0.2) is 4.39 Å². The molecule has 0 saturated carbocycles. The Labute approximate surface area is 137 Å². The quantitative estimate of drug-likeness (QED) is 0.658. The van der Waals surface area contributed by atoms with E-state index in [-0.39, 0.29) is 5.82 Å². The van der Waals surface area contributed by atoms with Gasteiger partial charge in [0.1, 0.15) is 5.82 Å². The second-order valence-corrected chi connectivity index (χ2v) is 6.30. The molecule has 2 aromatic carbocycles. The summed E-state index contributed by atoms with van der Waals surface area (Å²) in [7, 11) is 4.20. The van der Waals surface area contributed by atoms with Crippen LogP contribution in [0.4, 0.5) is 4.39 Å². The summed E-state index contributed by atoms with van der Waals surface area (Å²) in [5, 5.41) is 1.28. The van der Waals surface area contributed by atoms with Gasteiger partial charge in [-0.3, -0.25) is 0 Å². The predicted octanol–water partition coefficient (Wildman–Crippen LogP) is 4.32. The van der Waals surface area contributed by atoms with E-state index in [9.17, 15) is 4.39 Å². The van der Waals surface area contributed by atoms with Crippen molar-refractivity contribution in [2.75, 3.05) is 20.6 Å². The zero-order valence-corrected chi connectivity index (χ0v) is 13.8. The van der Waals surface area contributed by atoms with Crippen molar-refractivity contribution in [3.63, 3.8) is 0 Å². The van der Waals surface area contributed by atoms with Crippen molar-refractivity contribution in [1.29, 1.82) is 0 Å². The Hall–Kier alpha value is -2.13. The van der Waals surface area contributed by atoms with Gasteiger partial charge in [0.05, 0.1) is 6.54 Å². The average molecular weight is 310 g/mol. The van der Waals surface area contributed by atoms with Crippen molar-refractivity contribution < 1.29 is 4.39 Å². The Bertz CT molecular complexity index is 789. The van der Waals surface area contributed by atoms with Crippen molar-refractivity contribution in [3.8, 4) is 0 Å². The zero-order chi connectivity index (χ0) is 16.2. The fourth-order valence-corrected chi connectivity index (χ4v) is 3.05. The number of aryl methyl sites for hydroxylation is 1. The summed E-state index contributed by atoms with van der Waals surface area (Å²) in [4.78, 5) is 2.21. The molecular formula is C20H23FN2. The second kappa shape index (κ2) is 6.97. The molecule has 0 radical (unpaired) electrons. The van der Waals surface area contributed by atoms with Crippen LogP contribution in [0, 0.1) is 5.82 Å². The monoisotopic (exact) mass is 310 g/mol. The number of nitrogens with zero attached hydrogens (tertiary/aromatic N) is 2. The molecule has 3 heteroatoms. The van der Waals surface area contributed by atoms with Crippen molar-refractivity contribution in [2.45, 2.75) is 19.4 Å². The van der Waals surface area contributed by atoms with Gasteiger partial charge < -0.3 is 9.47 Å². The molecule has 2 nitrogen and oxygen atoms in total. The lowest BCUT2D eigenvalue weighted by atomic mass is 10.1. The highest BCUT2D eigenvalue weighted by Crippen LogP contribution is 2.24. The van der Waals surface area contributed by atoms with E-state index in [1.807, 2.05) is 18.2 Å². The molecule has 0 amide bonds. The van der Waals surface area contributed by atoms with E-state index < -0.39 is 0 Å². The van der Waals surface area contributed by atoms with Crippen LogP contribution in [-0.4, -0.2) is 30.1 Å². The highest BCUT2D eigenvalue weighted by Gasteiger charge is 2.10. The number of rotatable bonds is 6. The van der Waals surface area contributed by atoms with E-state index in [0.717, 1.165) is 24.9 Å². The molecule has 0 fully saturated rings. The van der Waals surface area contributed by atoms with E-state index in [0.29, 0.717) is 6.54 Å². The fraction of sp³-hybridized carbons (Fsp3) is 0.300. The van der Waals surface area contributed by atoms with Gasteiger partial charge in [0.15, 0.2) is 0 Å². The van der Waals surface area contributed by atoms with Crippen molar-refractivity contribution in [1.82, 2.24) is 9.47 Å². The maximum absolute atomic E-state index is 14.0. The number of para-hydroxylation sites is 1. The molecule has 0 atom stereocenters. The van der Waals surface area contributed by atoms with Crippen LogP contribution in [0.3, 0.4) is 0 Å². The minimum Gasteiger partial charge on any atom is -0.343 e. The van der Waals surface area contributed by atoms with E-state index >= 15 is 0 Å². The van der Waals surface area contributed by atoms with Crippen LogP contribution in [0.1, 0.15) is 17.5 Å². The van der Waals surface area contributed by atoms with E-state index in [1.54, 1.807) is 6.07 Å². The van der Waals surface area contributed by atoms with Crippen molar-refractivity contribution in [2.24, 2.45) is 0 Å². The minimum atomic E-state index is -0.139. The molecule has 3 aromatic rings. The zero-order valence-electron chi connectivity index (χ0n) is 13.8. The fourth-order valence-electron chi connectivity index (χ4n) is 3.05. The summed E-state index contributed by atoms with van der Waals surface area (Å²) in [5.41, 5.74) is 3.25. The normalized spacial score (nSPS) is 11.5. The van der Waals surface area contributed by atoms with Crippen LogP contribution in [0.2, 0.25) is 0 Å². The van der Waals surface area contributed by atoms with E-state index in [1.165, 1.54) is 22.5 Å². The van der Waals surface area contributed by atoms with Crippen molar-refractivity contribution >= 4 is 10.9 Å². The van der Waals surface area contributed by atoms with Crippen LogP contribution < -0.4 is 0 Å². The van der Waals surface area contributed by atoms with Gasteiger partial charge in [0, 0.05) is 22.7 Å². The molecule has 0 spiro atoms. The van der Waals surface area contributed by atoms with Gasteiger partial charge in [0.25, 0.3) is 0 Å². The van der Waals surface area contributed by atoms with Crippen LogP contribution >= 0.6 is 0 Å². The highest BCUT2D eigenvalue weighted by atomic mass is 19.1. The minimum absolute atomic E-state index is 0.139. The first-order chi connectivity index (χ1) is 11.1. The number of hydrogen-bond donors (Lipinski definition) is 0. The SMILES string of the molecule is CN(C)CCCc1cn(Cc2ccccc2F)c2ccccc12. The summed E-state index contributed by atoms with van der Waals surface area (Å²) in [5.74, 6) is -0.139. The van der Waals surface area contributed by atoms with Gasteiger partial charge >= 0.3 is 0 Å². The largest absolute Gasteiger partial charge is 0.343 e. The van der Waals surface area contributed by atoms with Gasteiger partial charge in [-0.05, 0) is 51.2 Å². The summed E-state index contributed by atoms with van der Waals surface area (Å²) in [6, 6.07) is 15.4. The van der Waals surface area contributed by atoms with Gasteiger partial charge in [-0.1, -0.05) is 36.4 Å². The molecule has 0 unspecified atom stereocenters. The molecular weight excluding hydrogens is 287 g/mol. The molecule has 0 saturated heterocycles. The summed E-state index contributed by atoms with van der Waals surface area (Å²) >= 11 is 0. The number of hydrogen-bond acceptors (Lipinski definition) is 1. The Kier molecular flexibility index (Phi) is 4.77. The Balaban J connectivity index is 1.90. The molecule has 23 heavy (non-hydrogen) atoms. The van der Waals surface area contributed by atoms with E-state index in [2.05, 4.69) is 48.0 Å². The number of benzene rings is 2. The van der Waals surface area contributed by atoms with Gasteiger partial charge in [-0.2, -0.15) is 0 Å². The summed E-state index contributed by atoms with van der Waals surface area (Å²) in [6.45, 7) is 1.65. The molecule has 3 rings (SSSR count). The first-order valence-electron chi connectivity index (χ1n) is 8.10. The van der Waals surface area contributed by atoms with E-state index in [4.69, 9.17) is 0 Å². The Morgan fingerprint density at radius 1 is 0.957 bits per heavy atom. The van der Waals surface area contributed by atoms with Crippen molar-refractivity contribution in [3.05, 3.63) is 71.7 Å². The maximum atomic E-state index is 14.0. The lowest BCUT2D eigenvalue weighted by Gasteiger charge is -2.08. The smallest absolute Gasteiger partial charge is 0.128 e. The average Bonchev–Trinajstić information content (AvgIpc) is 2.88. The standard InChI is InChI=1S/C20H23FN2/c1-22(2)13-7-9-16-14-23(20-12-6-4-10-18(16)20)15-17-8-3-5-11-19(17)21/h3-6,8,10-12,14H,7,9,13,15H2,1-2H3. The van der Waals surface area contributed by atoms with Crippen LogP contribution in [0.5, 0.6) is 0 Å². The summed E-state index contributed by atoms with van der Waals surface area (Å²) < 4.78 is 16.1. The Morgan fingerprint density at radius 2 is 1.70 bits per heavy atom. The first kappa shape index (κ1) is 15.8. The van der Waals surface area contributed by atoms with Crippen LogP contribution in [0.25, 0.3) is 10.9 Å². The molecule has 0 bridgehead atoms. The van der Waals surface area contributed by atoms with Crippen LogP contribution in [0.15, 0.2) is 54.7 Å². The first-order valence-corrected chi connectivity index (χ1v) is 8.10. The molecule has 0 aliphatic carbocycles. The number of aromatic nitrogens is 1. The lowest BCUT2D eigenvalue weighted by molar-refractivity contribution is 0.400. The molecule has 0 aliphatic heterocycles. The molecule has 1 aromatic heterocycles. The second-order valence-electron chi connectivity index (χ2n) is 6.30. The number of fused-ring (bicyclic) bond motifs is 1. The topological polar surface area (TPSA) is 8.17 Å². The molecule has 0 aliphatic rings. The number of halogens is 1. The third kappa shape index (κ3) is 3.62. The molecule has 0 N–H and O–H groups in total. The summed E-state index contributed by atoms with van der Waals surface area (Å²) in [6.07, 6.45) is 4.36. The third-order valence-electron chi connectivity index (χ3n) is 4.22. The highest BCUT2D eigenvalue weighted by molar-refractivity contribution is 5.84. The molecule has 120 valence electrons. The van der Waals surface area contributed by atoms with Gasteiger partial charge in [-0.15, -0.1) is 0 Å². The Morgan fingerprint density at radius 3 is 2.48 bits per heavy atom. The molecule has 1 heterocycles. The van der Waals surface area contributed by atoms with Gasteiger partial charge in [0.2, 0.25) is 0 Å². The maximum Gasteiger partial charge on any atom is 0.128 e. The lowest BCUT2D eigenvalue weighted by Crippen LogP contribution is -2.13. The predicted molar refractivity (Wildman–Crippen MR) is 94.3 cm³/mol. The van der Waals surface area contributed by atoms with Crippen LogP contribution in [-0.2, 0) is 13.0 Å².